The first-order valence-electron chi connectivity index (χ1n) is 6.30. The number of pyridine rings is 1. The Morgan fingerprint density at radius 2 is 1.91 bits per heavy atom. The number of halogens is 2. The summed E-state index contributed by atoms with van der Waals surface area (Å²) < 4.78 is 1.71. The van der Waals surface area contributed by atoms with Gasteiger partial charge in [-0.25, -0.2) is 0 Å². The van der Waals surface area contributed by atoms with E-state index < -0.39 is 0 Å². The van der Waals surface area contributed by atoms with Crippen molar-refractivity contribution >= 4 is 39.5 Å². The van der Waals surface area contributed by atoms with Crippen molar-refractivity contribution in [2.75, 3.05) is 0 Å². The van der Waals surface area contributed by atoms with Crippen LogP contribution >= 0.6 is 34.5 Å². The van der Waals surface area contributed by atoms with Gasteiger partial charge in [0.1, 0.15) is 5.01 Å². The molecule has 22 heavy (non-hydrogen) atoms. The van der Waals surface area contributed by atoms with Gasteiger partial charge < -0.3 is 0 Å². The van der Waals surface area contributed by atoms with Gasteiger partial charge in [-0.1, -0.05) is 40.6 Å². The van der Waals surface area contributed by atoms with E-state index in [9.17, 15) is 0 Å². The van der Waals surface area contributed by atoms with Gasteiger partial charge in [-0.05, 0) is 24.3 Å². The van der Waals surface area contributed by atoms with Crippen LogP contribution in [0.2, 0.25) is 10.0 Å². The van der Waals surface area contributed by atoms with Crippen LogP contribution in [0, 0.1) is 0 Å². The lowest BCUT2D eigenvalue weighted by molar-refractivity contribution is 0.969. The first kappa shape index (κ1) is 13.6. The highest BCUT2D eigenvalue weighted by Crippen LogP contribution is 2.31. The van der Waals surface area contributed by atoms with Crippen LogP contribution in [0.4, 0.5) is 0 Å². The molecule has 1 aromatic carbocycles. The summed E-state index contributed by atoms with van der Waals surface area (Å²) in [6, 6.07) is 9.19. The number of hydrogen-bond acceptors (Lipinski definition) is 5. The molecule has 0 radical (unpaired) electrons. The summed E-state index contributed by atoms with van der Waals surface area (Å²) in [5, 5.41) is 14.7. The van der Waals surface area contributed by atoms with Crippen LogP contribution in [0.25, 0.3) is 26.9 Å². The molecule has 0 fully saturated rings. The van der Waals surface area contributed by atoms with Crippen molar-refractivity contribution in [3.63, 3.8) is 0 Å². The fourth-order valence-corrected chi connectivity index (χ4v) is 3.17. The van der Waals surface area contributed by atoms with E-state index in [1.807, 2.05) is 18.2 Å². The summed E-state index contributed by atoms with van der Waals surface area (Å²) in [7, 11) is 0. The van der Waals surface area contributed by atoms with Gasteiger partial charge in [0.15, 0.2) is 5.82 Å². The van der Waals surface area contributed by atoms with Gasteiger partial charge >= 0.3 is 0 Å². The average molecular weight is 348 g/mol. The summed E-state index contributed by atoms with van der Waals surface area (Å²) in [4.78, 5) is 4.80. The van der Waals surface area contributed by atoms with Crippen molar-refractivity contribution < 1.29 is 0 Å². The Hall–Kier alpha value is -2.02. The van der Waals surface area contributed by atoms with Crippen molar-refractivity contribution in [2.24, 2.45) is 0 Å². The average Bonchev–Trinajstić information content (AvgIpc) is 3.11. The number of aromatic nitrogens is 5. The Morgan fingerprint density at radius 3 is 2.68 bits per heavy atom. The minimum atomic E-state index is 0.498. The molecule has 8 heteroatoms. The maximum Gasteiger partial charge on any atom is 0.235 e. The fraction of sp³-hybridized carbons (Fsp3) is 0. The maximum absolute atomic E-state index is 6.07. The topological polar surface area (TPSA) is 56.0 Å². The van der Waals surface area contributed by atoms with E-state index in [2.05, 4.69) is 20.3 Å². The summed E-state index contributed by atoms with van der Waals surface area (Å²) >= 11 is 13.4. The van der Waals surface area contributed by atoms with Crippen LogP contribution < -0.4 is 0 Å². The number of benzene rings is 1. The van der Waals surface area contributed by atoms with E-state index in [0.29, 0.717) is 20.8 Å². The molecule has 108 valence electrons. The van der Waals surface area contributed by atoms with Crippen molar-refractivity contribution in [3.05, 3.63) is 52.8 Å². The van der Waals surface area contributed by atoms with Crippen LogP contribution in [0.1, 0.15) is 0 Å². The summed E-state index contributed by atoms with van der Waals surface area (Å²) in [5.74, 6) is 0.658. The standard InChI is InChI=1S/C14H7Cl2N5S/c15-10-4-3-8(6-11(10)16)13-20-21-12(18-19-14(21)22-13)9-2-1-5-17-7-9/h1-7H. The number of rotatable bonds is 2. The molecular weight excluding hydrogens is 341 g/mol. The summed E-state index contributed by atoms with van der Waals surface area (Å²) in [6.07, 6.45) is 3.44. The highest BCUT2D eigenvalue weighted by Gasteiger charge is 2.15. The van der Waals surface area contributed by atoms with Crippen LogP contribution in [0.5, 0.6) is 0 Å². The molecule has 0 saturated heterocycles. The van der Waals surface area contributed by atoms with Gasteiger partial charge in [0.2, 0.25) is 4.96 Å². The molecule has 4 aromatic rings. The van der Waals surface area contributed by atoms with Gasteiger partial charge in [0, 0.05) is 23.5 Å². The highest BCUT2D eigenvalue weighted by molar-refractivity contribution is 7.19. The zero-order valence-corrected chi connectivity index (χ0v) is 13.3. The lowest BCUT2D eigenvalue weighted by Crippen LogP contribution is -1.91. The quantitative estimate of drug-likeness (QED) is 0.544. The third-order valence-electron chi connectivity index (χ3n) is 3.08. The van der Waals surface area contributed by atoms with Crippen molar-refractivity contribution in [1.82, 2.24) is 24.8 Å². The number of hydrogen-bond donors (Lipinski definition) is 0. The molecule has 0 aliphatic heterocycles. The predicted octanol–water partition coefficient (Wildman–Crippen LogP) is 4.22. The van der Waals surface area contributed by atoms with E-state index in [1.165, 1.54) is 11.3 Å². The maximum atomic E-state index is 6.07. The predicted molar refractivity (Wildman–Crippen MR) is 87.3 cm³/mol. The van der Waals surface area contributed by atoms with Crippen molar-refractivity contribution in [3.8, 4) is 22.0 Å². The molecule has 0 spiro atoms. The third-order valence-corrected chi connectivity index (χ3v) is 4.76. The number of nitrogens with zero attached hydrogens (tertiary/aromatic N) is 5. The zero-order chi connectivity index (χ0) is 15.1. The van der Waals surface area contributed by atoms with Crippen LogP contribution in [0.3, 0.4) is 0 Å². The summed E-state index contributed by atoms with van der Waals surface area (Å²) in [6.45, 7) is 0. The Bertz CT molecular complexity index is 964. The normalized spacial score (nSPS) is 11.2. The van der Waals surface area contributed by atoms with Crippen LogP contribution in [-0.2, 0) is 0 Å². The lowest BCUT2D eigenvalue weighted by atomic mass is 10.2. The second kappa shape index (κ2) is 5.31. The van der Waals surface area contributed by atoms with Gasteiger partial charge in [-0.3, -0.25) is 4.98 Å². The molecule has 0 saturated carbocycles. The van der Waals surface area contributed by atoms with E-state index in [-0.39, 0.29) is 0 Å². The molecule has 0 aliphatic rings. The van der Waals surface area contributed by atoms with Gasteiger partial charge in [-0.2, -0.15) is 9.61 Å². The Kier molecular flexibility index (Phi) is 3.29. The Morgan fingerprint density at radius 1 is 1.00 bits per heavy atom. The monoisotopic (exact) mass is 347 g/mol. The highest BCUT2D eigenvalue weighted by atomic mass is 35.5. The van der Waals surface area contributed by atoms with Crippen molar-refractivity contribution in [1.29, 1.82) is 0 Å². The lowest BCUT2D eigenvalue weighted by Gasteiger charge is -1.99. The fourth-order valence-electron chi connectivity index (χ4n) is 2.04. The van der Waals surface area contributed by atoms with Gasteiger partial charge in [-0.15, -0.1) is 10.2 Å². The molecule has 3 heterocycles. The zero-order valence-electron chi connectivity index (χ0n) is 10.9. The molecule has 0 N–H and O–H groups in total. The second-order valence-electron chi connectivity index (χ2n) is 4.50. The first-order valence-corrected chi connectivity index (χ1v) is 7.88. The molecule has 0 bridgehead atoms. The molecule has 4 rings (SSSR count). The van der Waals surface area contributed by atoms with E-state index >= 15 is 0 Å². The van der Waals surface area contributed by atoms with Crippen molar-refractivity contribution in [2.45, 2.75) is 0 Å². The van der Waals surface area contributed by atoms with E-state index in [1.54, 1.807) is 29.0 Å². The molecule has 5 nitrogen and oxygen atoms in total. The molecule has 3 aromatic heterocycles. The molecule has 0 atom stereocenters. The first-order chi connectivity index (χ1) is 10.7. The third kappa shape index (κ3) is 2.25. The van der Waals surface area contributed by atoms with Crippen LogP contribution in [0.15, 0.2) is 42.7 Å². The second-order valence-corrected chi connectivity index (χ2v) is 6.27. The van der Waals surface area contributed by atoms with Gasteiger partial charge in [0.25, 0.3) is 0 Å². The van der Waals surface area contributed by atoms with E-state index in [0.717, 1.165) is 16.1 Å². The minimum Gasteiger partial charge on any atom is -0.264 e. The largest absolute Gasteiger partial charge is 0.264 e. The minimum absolute atomic E-state index is 0.498. The Balaban J connectivity index is 1.85. The molecule has 0 unspecified atom stereocenters. The Labute approximate surface area is 139 Å². The summed E-state index contributed by atoms with van der Waals surface area (Å²) in [5.41, 5.74) is 1.75. The molecule has 0 aliphatic carbocycles. The van der Waals surface area contributed by atoms with E-state index in [4.69, 9.17) is 23.2 Å². The SMILES string of the molecule is Clc1ccc(-c2nn3c(-c4cccnc4)nnc3s2)cc1Cl. The molecular formula is C14H7Cl2N5S. The van der Waals surface area contributed by atoms with Gasteiger partial charge in [0.05, 0.1) is 10.0 Å². The molecule has 0 amide bonds. The smallest absolute Gasteiger partial charge is 0.235 e. The number of fused-ring (bicyclic) bond motifs is 1. The van der Waals surface area contributed by atoms with Crippen LogP contribution in [-0.4, -0.2) is 24.8 Å².